The summed E-state index contributed by atoms with van der Waals surface area (Å²) in [7, 11) is 0. The second-order valence-electron chi connectivity index (χ2n) is 5.11. The van der Waals surface area contributed by atoms with Crippen LogP contribution in [-0.2, 0) is 0 Å². The van der Waals surface area contributed by atoms with Gasteiger partial charge in [-0.05, 0) is 36.2 Å². The molecule has 3 atom stereocenters. The Kier molecular flexibility index (Phi) is 3.11. The Morgan fingerprint density at radius 1 is 1.27 bits per heavy atom. The molecule has 2 rings (SSSR count). The maximum absolute atomic E-state index is 9.99. The molecule has 0 radical (unpaired) electrons. The van der Waals surface area contributed by atoms with E-state index in [1.165, 1.54) is 5.56 Å². The summed E-state index contributed by atoms with van der Waals surface area (Å²) in [4.78, 5) is 0. The van der Waals surface area contributed by atoms with E-state index in [0.717, 1.165) is 12.8 Å². The molecule has 0 aliphatic heterocycles. The van der Waals surface area contributed by atoms with Crippen molar-refractivity contribution in [2.75, 3.05) is 0 Å². The fourth-order valence-electron chi connectivity index (χ4n) is 2.38. The van der Waals surface area contributed by atoms with E-state index in [9.17, 15) is 5.11 Å². The summed E-state index contributed by atoms with van der Waals surface area (Å²) in [5.41, 5.74) is 1.39. The average Bonchev–Trinajstić information content (AvgIpc) is 2.97. The number of hydrogen-bond acceptors (Lipinski definition) is 1. The molecule has 0 heterocycles. The molecule has 3 unspecified atom stereocenters. The lowest BCUT2D eigenvalue weighted by molar-refractivity contribution is 0.124. The van der Waals surface area contributed by atoms with E-state index in [2.05, 4.69) is 38.1 Å². The quantitative estimate of drug-likeness (QED) is 0.798. The van der Waals surface area contributed by atoms with Gasteiger partial charge in [0, 0.05) is 0 Å². The van der Waals surface area contributed by atoms with Crippen LogP contribution in [0.25, 0.3) is 0 Å². The summed E-state index contributed by atoms with van der Waals surface area (Å²) in [6, 6.07) is 10.6. The van der Waals surface area contributed by atoms with Crippen LogP contribution in [0.15, 0.2) is 30.3 Å². The lowest BCUT2D eigenvalue weighted by Gasteiger charge is -2.12. The largest absolute Gasteiger partial charge is 0.393 e. The molecule has 0 saturated heterocycles. The van der Waals surface area contributed by atoms with Crippen LogP contribution in [0, 0.1) is 11.8 Å². The van der Waals surface area contributed by atoms with Crippen LogP contribution in [0.4, 0.5) is 0 Å². The van der Waals surface area contributed by atoms with Gasteiger partial charge in [0.05, 0.1) is 6.10 Å². The van der Waals surface area contributed by atoms with E-state index in [1.807, 2.05) is 6.07 Å². The van der Waals surface area contributed by atoms with Crippen LogP contribution < -0.4 is 0 Å². The minimum absolute atomic E-state index is 0.102. The van der Waals surface area contributed by atoms with Gasteiger partial charge in [0.15, 0.2) is 0 Å². The van der Waals surface area contributed by atoms with Gasteiger partial charge in [-0.25, -0.2) is 0 Å². The van der Waals surface area contributed by atoms with Crippen molar-refractivity contribution >= 4 is 0 Å². The first-order valence-corrected chi connectivity index (χ1v) is 5.91. The zero-order valence-electron chi connectivity index (χ0n) is 9.56. The van der Waals surface area contributed by atoms with Crippen molar-refractivity contribution in [2.24, 2.45) is 11.8 Å². The minimum Gasteiger partial charge on any atom is -0.393 e. The molecular formula is C14H20O. The van der Waals surface area contributed by atoms with Crippen molar-refractivity contribution in [2.45, 2.75) is 38.7 Å². The van der Waals surface area contributed by atoms with Crippen molar-refractivity contribution in [3.63, 3.8) is 0 Å². The molecule has 15 heavy (non-hydrogen) atoms. The summed E-state index contributed by atoms with van der Waals surface area (Å²) >= 11 is 0. The van der Waals surface area contributed by atoms with Crippen LogP contribution in [0.2, 0.25) is 0 Å². The number of rotatable bonds is 4. The Labute approximate surface area is 92.1 Å². The number of benzene rings is 1. The van der Waals surface area contributed by atoms with Gasteiger partial charge in [-0.1, -0.05) is 44.2 Å². The molecule has 1 fully saturated rings. The third-order valence-corrected chi connectivity index (χ3v) is 3.27. The molecule has 0 spiro atoms. The van der Waals surface area contributed by atoms with Gasteiger partial charge >= 0.3 is 0 Å². The molecule has 1 aromatic rings. The standard InChI is InChI=1S/C14H20O/c1-10(2)8-14(15)13-9-12(13)11-6-4-3-5-7-11/h3-7,10,12-15H,8-9H2,1-2H3. The molecule has 82 valence electrons. The normalized spacial score (nSPS) is 26.7. The van der Waals surface area contributed by atoms with E-state index >= 15 is 0 Å². The van der Waals surface area contributed by atoms with Gasteiger partial charge in [-0.2, -0.15) is 0 Å². The van der Waals surface area contributed by atoms with E-state index < -0.39 is 0 Å². The van der Waals surface area contributed by atoms with Crippen LogP contribution in [0.1, 0.15) is 38.2 Å². The van der Waals surface area contributed by atoms with Crippen molar-refractivity contribution in [3.05, 3.63) is 35.9 Å². The molecular weight excluding hydrogens is 184 g/mol. The van der Waals surface area contributed by atoms with Crippen LogP contribution >= 0.6 is 0 Å². The number of hydrogen-bond donors (Lipinski definition) is 1. The lowest BCUT2D eigenvalue weighted by Crippen LogP contribution is -2.13. The topological polar surface area (TPSA) is 20.2 Å². The van der Waals surface area contributed by atoms with Crippen LogP contribution in [0.5, 0.6) is 0 Å². The SMILES string of the molecule is CC(C)CC(O)C1CC1c1ccccc1. The highest BCUT2D eigenvalue weighted by atomic mass is 16.3. The fourth-order valence-corrected chi connectivity index (χ4v) is 2.38. The van der Waals surface area contributed by atoms with E-state index in [0.29, 0.717) is 17.8 Å². The summed E-state index contributed by atoms with van der Waals surface area (Å²) in [6.07, 6.45) is 2.00. The zero-order chi connectivity index (χ0) is 10.8. The predicted octanol–water partition coefficient (Wildman–Crippen LogP) is 3.20. The van der Waals surface area contributed by atoms with Gasteiger partial charge < -0.3 is 5.11 Å². The molecule has 1 heteroatoms. The summed E-state index contributed by atoms with van der Waals surface area (Å²) in [5.74, 6) is 1.71. The van der Waals surface area contributed by atoms with E-state index in [1.54, 1.807) is 0 Å². The number of aliphatic hydroxyl groups excluding tert-OH is 1. The summed E-state index contributed by atoms with van der Waals surface area (Å²) < 4.78 is 0. The van der Waals surface area contributed by atoms with E-state index in [4.69, 9.17) is 0 Å². The highest BCUT2D eigenvalue weighted by molar-refractivity contribution is 5.26. The molecule has 1 aliphatic carbocycles. The summed E-state index contributed by atoms with van der Waals surface area (Å²) in [6.45, 7) is 4.34. The third-order valence-electron chi connectivity index (χ3n) is 3.27. The first-order chi connectivity index (χ1) is 7.18. The van der Waals surface area contributed by atoms with Crippen molar-refractivity contribution < 1.29 is 5.11 Å². The smallest absolute Gasteiger partial charge is 0.0576 e. The van der Waals surface area contributed by atoms with Crippen LogP contribution in [-0.4, -0.2) is 11.2 Å². The van der Waals surface area contributed by atoms with E-state index in [-0.39, 0.29) is 6.10 Å². The maximum Gasteiger partial charge on any atom is 0.0576 e. The molecule has 1 saturated carbocycles. The molecule has 0 aromatic heterocycles. The van der Waals surface area contributed by atoms with Crippen LogP contribution in [0.3, 0.4) is 0 Å². The van der Waals surface area contributed by atoms with Gasteiger partial charge in [0.25, 0.3) is 0 Å². The van der Waals surface area contributed by atoms with Gasteiger partial charge in [0.2, 0.25) is 0 Å². The highest BCUT2D eigenvalue weighted by Gasteiger charge is 2.42. The Morgan fingerprint density at radius 2 is 1.93 bits per heavy atom. The van der Waals surface area contributed by atoms with Gasteiger partial charge in [-0.3, -0.25) is 0 Å². The highest BCUT2D eigenvalue weighted by Crippen LogP contribution is 2.50. The molecule has 0 bridgehead atoms. The second-order valence-corrected chi connectivity index (χ2v) is 5.11. The summed E-state index contributed by atoms with van der Waals surface area (Å²) in [5, 5.41) is 9.99. The second kappa shape index (κ2) is 4.36. The first-order valence-electron chi connectivity index (χ1n) is 5.91. The molecule has 1 nitrogen and oxygen atoms in total. The van der Waals surface area contributed by atoms with Crippen molar-refractivity contribution in [1.82, 2.24) is 0 Å². The minimum atomic E-state index is -0.102. The third kappa shape index (κ3) is 2.60. The fraction of sp³-hybridized carbons (Fsp3) is 0.571. The zero-order valence-corrected chi connectivity index (χ0v) is 9.56. The molecule has 1 aliphatic rings. The Morgan fingerprint density at radius 3 is 2.53 bits per heavy atom. The lowest BCUT2D eigenvalue weighted by atomic mass is 10.00. The first kappa shape index (κ1) is 10.7. The van der Waals surface area contributed by atoms with Crippen molar-refractivity contribution in [1.29, 1.82) is 0 Å². The Bertz CT molecular complexity index is 304. The molecule has 0 amide bonds. The molecule has 1 aromatic carbocycles. The Balaban J connectivity index is 1.91. The number of aliphatic hydroxyl groups is 1. The van der Waals surface area contributed by atoms with Gasteiger partial charge in [-0.15, -0.1) is 0 Å². The molecule has 1 N–H and O–H groups in total. The average molecular weight is 204 g/mol. The predicted molar refractivity (Wildman–Crippen MR) is 62.8 cm³/mol. The maximum atomic E-state index is 9.99. The van der Waals surface area contributed by atoms with Crippen molar-refractivity contribution in [3.8, 4) is 0 Å². The monoisotopic (exact) mass is 204 g/mol. The Hall–Kier alpha value is -0.820. The van der Waals surface area contributed by atoms with Gasteiger partial charge in [0.1, 0.15) is 0 Å².